The molecule has 7 heteroatoms. The number of carbonyl (C=O) groups is 1. The number of ether oxygens (including phenoxy) is 1. The Morgan fingerprint density at radius 1 is 1.25 bits per heavy atom. The highest BCUT2D eigenvalue weighted by atomic mass is 16.5. The van der Waals surface area contributed by atoms with Gasteiger partial charge in [-0.3, -0.25) is 9.69 Å². The van der Waals surface area contributed by atoms with Crippen LogP contribution in [0.4, 0.5) is 0 Å². The highest BCUT2D eigenvalue weighted by Gasteiger charge is 2.47. The van der Waals surface area contributed by atoms with E-state index in [0.717, 1.165) is 31.7 Å². The molecule has 0 unspecified atom stereocenters. The number of aliphatic hydroxyl groups excluding tert-OH is 1. The SMILES string of the molecule is Cc1ocnc1C(=O)N[C@@H]1C[C@@H](Oc2ccccc2)[C@H](O)[C@H]1N1CCCCC1. The average molecular weight is 385 g/mol. The molecule has 4 rings (SSSR count). The van der Waals surface area contributed by atoms with Crippen LogP contribution in [0.25, 0.3) is 0 Å². The van der Waals surface area contributed by atoms with Crippen LogP contribution in [0.15, 0.2) is 41.1 Å². The molecule has 0 radical (unpaired) electrons. The fourth-order valence-electron chi connectivity index (χ4n) is 4.37. The number of oxazole rings is 1. The van der Waals surface area contributed by atoms with E-state index in [0.29, 0.717) is 17.9 Å². The smallest absolute Gasteiger partial charge is 0.273 e. The van der Waals surface area contributed by atoms with Crippen LogP contribution >= 0.6 is 0 Å². The van der Waals surface area contributed by atoms with Crippen LogP contribution in [0.3, 0.4) is 0 Å². The molecule has 1 aromatic heterocycles. The lowest BCUT2D eigenvalue weighted by molar-refractivity contribution is 0.00145. The summed E-state index contributed by atoms with van der Waals surface area (Å²) in [5.41, 5.74) is 0.291. The largest absolute Gasteiger partial charge is 0.488 e. The van der Waals surface area contributed by atoms with Gasteiger partial charge < -0.3 is 19.6 Å². The lowest BCUT2D eigenvalue weighted by Gasteiger charge is -2.37. The van der Waals surface area contributed by atoms with Gasteiger partial charge in [0.25, 0.3) is 5.91 Å². The van der Waals surface area contributed by atoms with Gasteiger partial charge in [-0.1, -0.05) is 24.6 Å². The van der Waals surface area contributed by atoms with Crippen molar-refractivity contribution in [3.8, 4) is 5.75 Å². The molecule has 7 nitrogen and oxygen atoms in total. The Hall–Kier alpha value is -2.38. The molecule has 28 heavy (non-hydrogen) atoms. The summed E-state index contributed by atoms with van der Waals surface area (Å²) in [4.78, 5) is 19.0. The zero-order valence-electron chi connectivity index (χ0n) is 16.1. The van der Waals surface area contributed by atoms with E-state index in [4.69, 9.17) is 9.15 Å². The van der Waals surface area contributed by atoms with Gasteiger partial charge in [-0.2, -0.15) is 0 Å². The first-order valence-corrected chi connectivity index (χ1v) is 9.98. The Balaban J connectivity index is 1.52. The van der Waals surface area contributed by atoms with Crippen molar-refractivity contribution in [3.05, 3.63) is 48.2 Å². The molecule has 2 heterocycles. The summed E-state index contributed by atoms with van der Waals surface area (Å²) in [5.74, 6) is 0.941. The van der Waals surface area contributed by atoms with Gasteiger partial charge in [0.05, 0.1) is 12.1 Å². The predicted octanol–water partition coefficient (Wildman–Crippen LogP) is 2.15. The Morgan fingerprint density at radius 2 is 2.00 bits per heavy atom. The van der Waals surface area contributed by atoms with Crippen molar-refractivity contribution in [1.29, 1.82) is 0 Å². The number of para-hydroxylation sites is 1. The first-order chi connectivity index (χ1) is 13.6. The third kappa shape index (κ3) is 3.91. The lowest BCUT2D eigenvalue weighted by atomic mass is 10.0. The second-order valence-electron chi connectivity index (χ2n) is 7.62. The number of benzene rings is 1. The van der Waals surface area contributed by atoms with E-state index in [1.165, 1.54) is 12.8 Å². The van der Waals surface area contributed by atoms with Crippen molar-refractivity contribution < 1.29 is 19.1 Å². The minimum absolute atomic E-state index is 0.176. The fourth-order valence-corrected chi connectivity index (χ4v) is 4.37. The zero-order valence-corrected chi connectivity index (χ0v) is 16.1. The molecule has 1 aliphatic heterocycles. The molecule has 1 saturated heterocycles. The third-order valence-corrected chi connectivity index (χ3v) is 5.75. The van der Waals surface area contributed by atoms with Gasteiger partial charge in [0.2, 0.25) is 0 Å². The number of hydrogen-bond acceptors (Lipinski definition) is 6. The van der Waals surface area contributed by atoms with Gasteiger partial charge in [0.15, 0.2) is 12.1 Å². The monoisotopic (exact) mass is 385 g/mol. The summed E-state index contributed by atoms with van der Waals surface area (Å²) in [6.07, 6.45) is 4.18. The first kappa shape index (κ1) is 19.0. The van der Waals surface area contributed by atoms with Gasteiger partial charge in [0, 0.05) is 6.42 Å². The molecular formula is C21H27N3O4. The normalized spacial score (nSPS) is 28.2. The molecule has 4 atom stereocenters. The molecule has 1 saturated carbocycles. The summed E-state index contributed by atoms with van der Waals surface area (Å²) in [7, 11) is 0. The Morgan fingerprint density at radius 3 is 2.68 bits per heavy atom. The van der Waals surface area contributed by atoms with Crippen molar-refractivity contribution in [2.45, 2.75) is 56.9 Å². The van der Waals surface area contributed by atoms with Gasteiger partial charge in [-0.25, -0.2) is 4.98 Å². The number of likely N-dealkylation sites (tertiary alicyclic amines) is 1. The van der Waals surface area contributed by atoms with Crippen molar-refractivity contribution in [2.75, 3.05) is 13.1 Å². The van der Waals surface area contributed by atoms with Crippen molar-refractivity contribution in [3.63, 3.8) is 0 Å². The molecule has 0 spiro atoms. The molecule has 1 amide bonds. The van der Waals surface area contributed by atoms with Crippen molar-refractivity contribution >= 4 is 5.91 Å². The Bertz CT molecular complexity index is 788. The van der Waals surface area contributed by atoms with E-state index in [1.807, 2.05) is 30.3 Å². The number of rotatable bonds is 5. The summed E-state index contributed by atoms with van der Waals surface area (Å²) < 4.78 is 11.2. The lowest BCUT2D eigenvalue weighted by Crippen LogP contribution is -2.54. The molecule has 0 bridgehead atoms. The van der Waals surface area contributed by atoms with Crippen molar-refractivity contribution in [1.82, 2.24) is 15.2 Å². The van der Waals surface area contributed by atoms with Gasteiger partial charge >= 0.3 is 0 Å². The highest BCUT2D eigenvalue weighted by Crippen LogP contribution is 2.31. The number of nitrogens with zero attached hydrogens (tertiary/aromatic N) is 2. The number of aliphatic hydroxyl groups is 1. The number of amides is 1. The van der Waals surface area contributed by atoms with E-state index in [1.54, 1.807) is 6.92 Å². The van der Waals surface area contributed by atoms with Crippen LogP contribution < -0.4 is 10.1 Å². The topological polar surface area (TPSA) is 87.8 Å². The van der Waals surface area contributed by atoms with E-state index >= 15 is 0 Å². The number of aromatic nitrogens is 1. The van der Waals surface area contributed by atoms with Crippen LogP contribution in [-0.2, 0) is 0 Å². The maximum absolute atomic E-state index is 12.7. The van der Waals surface area contributed by atoms with Crippen LogP contribution in [0.5, 0.6) is 5.75 Å². The average Bonchev–Trinajstić information content (AvgIpc) is 3.27. The molecule has 2 N–H and O–H groups in total. The maximum atomic E-state index is 12.7. The Kier molecular flexibility index (Phi) is 5.64. The van der Waals surface area contributed by atoms with Crippen LogP contribution in [0.1, 0.15) is 41.9 Å². The molecule has 2 fully saturated rings. The second-order valence-corrected chi connectivity index (χ2v) is 7.62. The van der Waals surface area contributed by atoms with Crippen molar-refractivity contribution in [2.24, 2.45) is 0 Å². The number of piperidine rings is 1. The number of carbonyl (C=O) groups excluding carboxylic acids is 1. The fraction of sp³-hybridized carbons (Fsp3) is 0.524. The molecule has 150 valence electrons. The van der Waals surface area contributed by atoms with Crippen LogP contribution in [0.2, 0.25) is 0 Å². The Labute approximate surface area is 164 Å². The molecule has 2 aromatic rings. The zero-order chi connectivity index (χ0) is 19.5. The molecular weight excluding hydrogens is 358 g/mol. The number of hydrogen-bond donors (Lipinski definition) is 2. The van der Waals surface area contributed by atoms with E-state index < -0.39 is 6.10 Å². The highest BCUT2D eigenvalue weighted by molar-refractivity contribution is 5.93. The van der Waals surface area contributed by atoms with Crippen LogP contribution in [0, 0.1) is 6.92 Å². The summed E-state index contributed by atoms with van der Waals surface area (Å²) in [6.45, 7) is 3.57. The number of nitrogens with one attached hydrogen (secondary N) is 1. The van der Waals surface area contributed by atoms with E-state index in [9.17, 15) is 9.90 Å². The van der Waals surface area contributed by atoms with Gasteiger partial charge in [-0.15, -0.1) is 0 Å². The van der Waals surface area contributed by atoms with Gasteiger partial charge in [-0.05, 0) is 45.0 Å². The summed E-state index contributed by atoms with van der Waals surface area (Å²) in [6, 6.07) is 9.12. The van der Waals surface area contributed by atoms with E-state index in [2.05, 4.69) is 15.2 Å². The van der Waals surface area contributed by atoms with Crippen LogP contribution in [-0.4, -0.2) is 58.3 Å². The summed E-state index contributed by atoms with van der Waals surface area (Å²) in [5, 5.41) is 14.2. The molecule has 1 aliphatic carbocycles. The second kappa shape index (κ2) is 8.32. The maximum Gasteiger partial charge on any atom is 0.273 e. The predicted molar refractivity (Wildman–Crippen MR) is 103 cm³/mol. The first-order valence-electron chi connectivity index (χ1n) is 9.98. The minimum Gasteiger partial charge on any atom is -0.488 e. The summed E-state index contributed by atoms with van der Waals surface area (Å²) >= 11 is 0. The molecule has 1 aromatic carbocycles. The molecule has 2 aliphatic rings. The minimum atomic E-state index is -0.679. The van der Waals surface area contributed by atoms with E-state index in [-0.39, 0.29) is 24.1 Å². The quantitative estimate of drug-likeness (QED) is 0.820. The standard InChI is InChI=1S/C21H27N3O4/c1-14-18(22-13-27-14)21(26)23-16-12-17(28-15-8-4-2-5-9-15)20(25)19(16)24-10-6-3-7-11-24/h2,4-5,8-9,13,16-17,19-20,25H,3,6-7,10-12H2,1H3,(H,23,26)/t16-,17-,19+,20+/m1/s1. The third-order valence-electron chi connectivity index (χ3n) is 5.75. The number of aryl methyl sites for hydroxylation is 1. The van der Waals surface area contributed by atoms with Gasteiger partial charge in [0.1, 0.15) is 23.7 Å².